The molecule has 3 nitrogen and oxygen atoms in total. The molecule has 5 heteroatoms. The lowest BCUT2D eigenvalue weighted by atomic mass is 10.0. The molecule has 1 aliphatic heterocycles. The second-order valence-corrected chi connectivity index (χ2v) is 7.93. The zero-order valence-electron chi connectivity index (χ0n) is 13.6. The predicted octanol–water partition coefficient (Wildman–Crippen LogP) is 5.19. The normalized spacial score (nSPS) is 19.3. The van der Waals surface area contributed by atoms with Gasteiger partial charge in [0.1, 0.15) is 6.04 Å². The quantitative estimate of drug-likeness (QED) is 0.685. The van der Waals surface area contributed by atoms with Crippen LogP contribution in [-0.4, -0.2) is 28.6 Å². The third kappa shape index (κ3) is 3.17. The summed E-state index contributed by atoms with van der Waals surface area (Å²) in [5.41, 5.74) is 1.05. The highest BCUT2D eigenvalue weighted by Gasteiger charge is 2.37. The SMILES string of the molecule is O=C(O)C1CCCN1C(c1cccc(Cl)c1)c1cc2ccccc2s1. The van der Waals surface area contributed by atoms with Crippen molar-refractivity contribution in [3.05, 3.63) is 70.1 Å². The smallest absolute Gasteiger partial charge is 0.320 e. The van der Waals surface area contributed by atoms with Gasteiger partial charge in [0.15, 0.2) is 0 Å². The molecule has 4 rings (SSSR count). The van der Waals surface area contributed by atoms with Crippen LogP contribution < -0.4 is 0 Å². The summed E-state index contributed by atoms with van der Waals surface area (Å²) in [6.07, 6.45) is 1.59. The molecule has 128 valence electrons. The molecular formula is C20H18ClNO2S. The molecule has 2 heterocycles. The molecule has 2 unspecified atom stereocenters. The maximum absolute atomic E-state index is 11.8. The Hall–Kier alpha value is -1.88. The minimum Gasteiger partial charge on any atom is -0.480 e. The number of carbonyl (C=O) groups is 1. The Labute approximate surface area is 155 Å². The lowest BCUT2D eigenvalue weighted by molar-refractivity contribution is -0.142. The van der Waals surface area contributed by atoms with Crippen molar-refractivity contribution in [3.8, 4) is 0 Å². The zero-order valence-corrected chi connectivity index (χ0v) is 15.1. The molecule has 1 aliphatic rings. The van der Waals surface area contributed by atoms with E-state index in [2.05, 4.69) is 23.1 Å². The average Bonchev–Trinajstić information content (AvgIpc) is 3.22. The predicted molar refractivity (Wildman–Crippen MR) is 102 cm³/mol. The van der Waals surface area contributed by atoms with Gasteiger partial charge in [-0.15, -0.1) is 11.3 Å². The van der Waals surface area contributed by atoms with Crippen LogP contribution in [0.2, 0.25) is 5.02 Å². The highest BCUT2D eigenvalue weighted by molar-refractivity contribution is 7.19. The van der Waals surface area contributed by atoms with Crippen molar-refractivity contribution in [2.75, 3.05) is 6.54 Å². The van der Waals surface area contributed by atoms with Gasteiger partial charge in [-0.1, -0.05) is 41.9 Å². The number of nitrogens with zero attached hydrogens (tertiary/aromatic N) is 1. The molecular weight excluding hydrogens is 354 g/mol. The topological polar surface area (TPSA) is 40.5 Å². The summed E-state index contributed by atoms with van der Waals surface area (Å²) < 4.78 is 1.22. The zero-order chi connectivity index (χ0) is 17.4. The van der Waals surface area contributed by atoms with Crippen molar-refractivity contribution in [3.63, 3.8) is 0 Å². The first-order valence-electron chi connectivity index (χ1n) is 8.36. The molecule has 0 radical (unpaired) electrons. The highest BCUT2D eigenvalue weighted by atomic mass is 35.5. The van der Waals surface area contributed by atoms with Crippen molar-refractivity contribution >= 4 is 39.0 Å². The summed E-state index contributed by atoms with van der Waals surface area (Å²) in [4.78, 5) is 15.0. The molecule has 0 spiro atoms. The molecule has 1 aromatic heterocycles. The van der Waals surface area contributed by atoms with Gasteiger partial charge in [0.2, 0.25) is 0 Å². The fourth-order valence-corrected chi connectivity index (χ4v) is 5.11. The Balaban J connectivity index is 1.84. The van der Waals surface area contributed by atoms with Crippen LogP contribution in [0.4, 0.5) is 0 Å². The Morgan fingerprint density at radius 1 is 1.20 bits per heavy atom. The van der Waals surface area contributed by atoms with Gasteiger partial charge in [0.25, 0.3) is 0 Å². The van der Waals surface area contributed by atoms with Crippen LogP contribution >= 0.6 is 22.9 Å². The first-order valence-corrected chi connectivity index (χ1v) is 9.55. The van der Waals surface area contributed by atoms with Gasteiger partial charge in [0.05, 0.1) is 6.04 Å². The van der Waals surface area contributed by atoms with Crippen molar-refractivity contribution in [1.29, 1.82) is 0 Å². The van der Waals surface area contributed by atoms with E-state index < -0.39 is 12.0 Å². The Morgan fingerprint density at radius 2 is 2.04 bits per heavy atom. The summed E-state index contributed by atoms with van der Waals surface area (Å²) in [7, 11) is 0. The number of aliphatic carboxylic acids is 1. The number of carboxylic acids is 1. The van der Waals surface area contributed by atoms with Crippen molar-refractivity contribution in [2.45, 2.75) is 24.9 Å². The average molecular weight is 372 g/mol. The van der Waals surface area contributed by atoms with Crippen LogP contribution in [0.1, 0.15) is 29.3 Å². The van der Waals surface area contributed by atoms with Crippen LogP contribution in [-0.2, 0) is 4.79 Å². The van der Waals surface area contributed by atoms with E-state index in [0.717, 1.165) is 23.4 Å². The Bertz CT molecular complexity index is 890. The summed E-state index contributed by atoms with van der Waals surface area (Å²) in [6, 6.07) is 17.7. The molecule has 1 N–H and O–H groups in total. The number of hydrogen-bond donors (Lipinski definition) is 1. The number of rotatable bonds is 4. The number of carboxylic acid groups (broad SMARTS) is 1. The third-order valence-electron chi connectivity index (χ3n) is 4.79. The Kier molecular flexibility index (Phi) is 4.50. The van der Waals surface area contributed by atoms with Crippen molar-refractivity contribution in [2.24, 2.45) is 0 Å². The van der Waals surface area contributed by atoms with Gasteiger partial charge in [-0.25, -0.2) is 0 Å². The van der Waals surface area contributed by atoms with Gasteiger partial charge < -0.3 is 5.11 Å². The second-order valence-electron chi connectivity index (χ2n) is 6.38. The molecule has 1 fully saturated rings. The fourth-order valence-electron chi connectivity index (χ4n) is 3.70. The molecule has 0 aliphatic carbocycles. The molecule has 2 atom stereocenters. The van der Waals surface area contributed by atoms with E-state index in [0.29, 0.717) is 11.4 Å². The van der Waals surface area contributed by atoms with Crippen LogP contribution in [0.25, 0.3) is 10.1 Å². The van der Waals surface area contributed by atoms with Crippen molar-refractivity contribution < 1.29 is 9.90 Å². The first kappa shape index (κ1) is 16.6. The summed E-state index contributed by atoms with van der Waals surface area (Å²) in [5.74, 6) is -0.745. The van der Waals surface area contributed by atoms with E-state index in [1.54, 1.807) is 11.3 Å². The number of halogens is 1. The van der Waals surface area contributed by atoms with E-state index in [4.69, 9.17) is 11.6 Å². The second kappa shape index (κ2) is 6.79. The lowest BCUT2D eigenvalue weighted by Gasteiger charge is -2.31. The molecule has 1 saturated heterocycles. The van der Waals surface area contributed by atoms with Gasteiger partial charge >= 0.3 is 5.97 Å². The summed E-state index contributed by atoms with van der Waals surface area (Å²) in [6.45, 7) is 0.780. The van der Waals surface area contributed by atoms with Gasteiger partial charge in [-0.05, 0) is 48.1 Å². The largest absolute Gasteiger partial charge is 0.480 e. The summed E-state index contributed by atoms with van der Waals surface area (Å²) in [5, 5.41) is 11.5. The number of hydrogen-bond acceptors (Lipinski definition) is 3. The highest BCUT2D eigenvalue weighted by Crippen LogP contribution is 2.40. The minimum absolute atomic E-state index is 0.0836. The van der Waals surface area contributed by atoms with E-state index in [-0.39, 0.29) is 6.04 Å². The van der Waals surface area contributed by atoms with Crippen LogP contribution in [0.3, 0.4) is 0 Å². The Morgan fingerprint density at radius 3 is 2.80 bits per heavy atom. The van der Waals surface area contributed by atoms with Crippen molar-refractivity contribution in [1.82, 2.24) is 4.90 Å². The van der Waals surface area contributed by atoms with E-state index >= 15 is 0 Å². The standard InChI is InChI=1S/C20H18ClNO2S/c21-15-7-3-6-14(11-15)19(22-10-4-8-16(22)20(23)24)18-12-13-5-1-2-9-17(13)25-18/h1-3,5-7,9,11-12,16,19H,4,8,10H2,(H,23,24). The maximum atomic E-state index is 11.8. The number of fused-ring (bicyclic) bond motifs is 1. The first-order chi connectivity index (χ1) is 12.1. The van der Waals surface area contributed by atoms with E-state index in [9.17, 15) is 9.90 Å². The molecule has 0 bridgehead atoms. The van der Waals surface area contributed by atoms with Gasteiger partial charge in [0, 0.05) is 21.1 Å². The number of thiophene rings is 1. The minimum atomic E-state index is -0.745. The lowest BCUT2D eigenvalue weighted by Crippen LogP contribution is -2.39. The van der Waals surface area contributed by atoms with Crippen LogP contribution in [0, 0.1) is 0 Å². The summed E-state index contributed by atoms with van der Waals surface area (Å²) >= 11 is 7.96. The van der Waals surface area contributed by atoms with Crippen LogP contribution in [0.15, 0.2) is 54.6 Å². The number of benzene rings is 2. The molecule has 3 aromatic rings. The third-order valence-corrected chi connectivity index (χ3v) is 6.19. The monoisotopic (exact) mass is 371 g/mol. The maximum Gasteiger partial charge on any atom is 0.320 e. The van der Waals surface area contributed by atoms with E-state index in [1.165, 1.54) is 10.1 Å². The molecule has 0 amide bonds. The van der Waals surface area contributed by atoms with Gasteiger partial charge in [-0.3, -0.25) is 9.69 Å². The number of likely N-dealkylation sites (tertiary alicyclic amines) is 1. The van der Waals surface area contributed by atoms with Gasteiger partial charge in [-0.2, -0.15) is 0 Å². The van der Waals surface area contributed by atoms with E-state index in [1.807, 2.05) is 36.4 Å². The molecule has 2 aromatic carbocycles. The molecule has 0 saturated carbocycles. The van der Waals surface area contributed by atoms with Crippen LogP contribution in [0.5, 0.6) is 0 Å². The fraction of sp³-hybridized carbons (Fsp3) is 0.250. The molecule has 25 heavy (non-hydrogen) atoms.